The van der Waals surface area contributed by atoms with Gasteiger partial charge in [0.25, 0.3) is 0 Å². The van der Waals surface area contributed by atoms with Gasteiger partial charge in [-0.2, -0.15) is 0 Å². The highest BCUT2D eigenvalue weighted by atomic mass is 35.5. The van der Waals surface area contributed by atoms with Gasteiger partial charge < -0.3 is 10.4 Å². The second-order valence-electron chi connectivity index (χ2n) is 5.43. The van der Waals surface area contributed by atoms with E-state index in [4.69, 9.17) is 11.6 Å². The highest BCUT2D eigenvalue weighted by molar-refractivity contribution is 7.99. The summed E-state index contributed by atoms with van der Waals surface area (Å²) in [6.07, 6.45) is 2.20. The SMILES string of the molecule is CC1(C(=O)O)CCCC1NC(=O)CSCc1ccc(Cl)s1. The first-order valence-electron chi connectivity index (χ1n) is 6.76. The van der Waals surface area contributed by atoms with Gasteiger partial charge in [-0.3, -0.25) is 9.59 Å². The van der Waals surface area contributed by atoms with E-state index in [0.29, 0.717) is 12.2 Å². The van der Waals surface area contributed by atoms with E-state index in [0.717, 1.165) is 27.8 Å². The summed E-state index contributed by atoms with van der Waals surface area (Å²) in [5.74, 6) is 0.154. The summed E-state index contributed by atoms with van der Waals surface area (Å²) in [5, 5.41) is 12.2. The van der Waals surface area contributed by atoms with Crippen molar-refractivity contribution >= 4 is 46.6 Å². The average molecular weight is 348 g/mol. The summed E-state index contributed by atoms with van der Waals surface area (Å²) < 4.78 is 0.748. The summed E-state index contributed by atoms with van der Waals surface area (Å²) in [5.41, 5.74) is -0.832. The molecule has 1 aromatic rings. The summed E-state index contributed by atoms with van der Waals surface area (Å²) >= 11 is 8.87. The Bertz CT molecular complexity index is 534. The van der Waals surface area contributed by atoms with Crippen LogP contribution in [-0.2, 0) is 15.3 Å². The van der Waals surface area contributed by atoms with E-state index in [1.165, 1.54) is 23.1 Å². The van der Waals surface area contributed by atoms with Gasteiger partial charge in [0.15, 0.2) is 0 Å². The smallest absolute Gasteiger partial charge is 0.311 e. The molecule has 4 nitrogen and oxygen atoms in total. The molecule has 0 spiro atoms. The van der Waals surface area contributed by atoms with Crippen molar-refractivity contribution in [1.29, 1.82) is 0 Å². The lowest BCUT2D eigenvalue weighted by atomic mass is 9.85. The predicted octanol–water partition coefficient (Wildman–Crippen LogP) is 3.39. The van der Waals surface area contributed by atoms with Crippen LogP contribution in [0.2, 0.25) is 4.34 Å². The van der Waals surface area contributed by atoms with E-state index in [1.54, 1.807) is 6.92 Å². The molecule has 0 bridgehead atoms. The van der Waals surface area contributed by atoms with Gasteiger partial charge in [-0.25, -0.2) is 0 Å². The number of carboxylic acid groups (broad SMARTS) is 1. The lowest BCUT2D eigenvalue weighted by Crippen LogP contribution is -2.47. The van der Waals surface area contributed by atoms with Crippen molar-refractivity contribution in [1.82, 2.24) is 5.32 Å². The number of carbonyl (C=O) groups excluding carboxylic acids is 1. The maximum Gasteiger partial charge on any atom is 0.311 e. The van der Waals surface area contributed by atoms with E-state index >= 15 is 0 Å². The molecule has 21 heavy (non-hydrogen) atoms. The fraction of sp³-hybridized carbons (Fsp3) is 0.571. The normalized spacial score (nSPS) is 25.0. The van der Waals surface area contributed by atoms with Crippen LogP contribution in [0.4, 0.5) is 0 Å². The van der Waals surface area contributed by atoms with Crippen molar-refractivity contribution in [3.63, 3.8) is 0 Å². The largest absolute Gasteiger partial charge is 0.481 e. The van der Waals surface area contributed by atoms with Gasteiger partial charge in [-0.15, -0.1) is 23.1 Å². The highest BCUT2D eigenvalue weighted by Gasteiger charge is 2.45. The van der Waals surface area contributed by atoms with Gasteiger partial charge >= 0.3 is 5.97 Å². The minimum Gasteiger partial charge on any atom is -0.481 e. The molecule has 2 N–H and O–H groups in total. The Labute approximate surface area is 137 Å². The monoisotopic (exact) mass is 347 g/mol. The minimum atomic E-state index is -0.832. The van der Waals surface area contributed by atoms with Gasteiger partial charge in [-0.05, 0) is 31.9 Å². The second kappa shape index (κ2) is 7.03. The molecular formula is C14H18ClNO3S2. The van der Waals surface area contributed by atoms with Crippen LogP contribution in [0, 0.1) is 5.41 Å². The number of amides is 1. The van der Waals surface area contributed by atoms with Crippen LogP contribution >= 0.6 is 34.7 Å². The number of hydrogen-bond acceptors (Lipinski definition) is 4. The van der Waals surface area contributed by atoms with Crippen molar-refractivity contribution in [3.8, 4) is 0 Å². The summed E-state index contributed by atoms with van der Waals surface area (Å²) in [4.78, 5) is 24.4. The minimum absolute atomic E-state index is 0.0953. The predicted molar refractivity (Wildman–Crippen MR) is 87.0 cm³/mol. The lowest BCUT2D eigenvalue weighted by molar-refractivity contribution is -0.149. The van der Waals surface area contributed by atoms with E-state index in [-0.39, 0.29) is 11.9 Å². The molecule has 1 saturated carbocycles. The van der Waals surface area contributed by atoms with E-state index < -0.39 is 11.4 Å². The molecule has 0 aliphatic heterocycles. The lowest BCUT2D eigenvalue weighted by Gasteiger charge is -2.27. The first-order chi connectivity index (χ1) is 9.91. The number of thiophene rings is 1. The Balaban J connectivity index is 1.78. The maximum absolute atomic E-state index is 12.0. The van der Waals surface area contributed by atoms with Crippen LogP contribution in [-0.4, -0.2) is 28.8 Å². The van der Waals surface area contributed by atoms with Crippen molar-refractivity contribution in [3.05, 3.63) is 21.3 Å². The van der Waals surface area contributed by atoms with Crippen molar-refractivity contribution < 1.29 is 14.7 Å². The number of carbonyl (C=O) groups is 2. The van der Waals surface area contributed by atoms with Gasteiger partial charge in [-0.1, -0.05) is 18.0 Å². The molecule has 0 radical (unpaired) electrons. The third-order valence-electron chi connectivity index (χ3n) is 3.89. The molecule has 1 heterocycles. The van der Waals surface area contributed by atoms with Crippen LogP contribution in [0.15, 0.2) is 12.1 Å². The molecule has 116 valence electrons. The molecule has 2 atom stereocenters. The van der Waals surface area contributed by atoms with Gasteiger partial charge in [0.1, 0.15) is 0 Å². The van der Waals surface area contributed by atoms with E-state index in [2.05, 4.69) is 5.32 Å². The molecule has 0 aromatic carbocycles. The molecule has 2 unspecified atom stereocenters. The Kier molecular flexibility index (Phi) is 5.57. The van der Waals surface area contributed by atoms with Crippen LogP contribution < -0.4 is 5.32 Å². The summed E-state index contributed by atoms with van der Waals surface area (Å²) in [6.45, 7) is 1.72. The molecule has 1 aromatic heterocycles. The van der Waals surface area contributed by atoms with Crippen LogP contribution in [0.5, 0.6) is 0 Å². The fourth-order valence-corrected chi connectivity index (χ4v) is 4.60. The number of aliphatic carboxylic acids is 1. The standard InChI is InChI=1S/C14H18ClNO3S2/c1-14(13(18)19)6-2-3-10(14)16-12(17)8-20-7-9-4-5-11(15)21-9/h4-5,10H,2-3,6-8H2,1H3,(H,16,17)(H,18,19). The van der Waals surface area contributed by atoms with Gasteiger partial charge in [0, 0.05) is 16.7 Å². The molecule has 1 aliphatic rings. The fourth-order valence-electron chi connectivity index (χ4n) is 2.56. The Morgan fingerprint density at radius 3 is 2.95 bits per heavy atom. The third-order valence-corrected chi connectivity index (χ3v) is 6.28. The van der Waals surface area contributed by atoms with Crippen molar-refractivity contribution in [2.75, 3.05) is 5.75 Å². The molecule has 1 aliphatic carbocycles. The highest BCUT2D eigenvalue weighted by Crippen LogP contribution is 2.38. The molecule has 2 rings (SSSR count). The van der Waals surface area contributed by atoms with E-state index in [9.17, 15) is 14.7 Å². The van der Waals surface area contributed by atoms with Crippen molar-refractivity contribution in [2.45, 2.75) is 38.0 Å². The van der Waals surface area contributed by atoms with E-state index in [1.807, 2.05) is 12.1 Å². The van der Waals surface area contributed by atoms with Crippen molar-refractivity contribution in [2.24, 2.45) is 5.41 Å². The molecule has 1 amide bonds. The summed E-state index contributed by atoms with van der Waals surface area (Å²) in [7, 11) is 0. The van der Waals surface area contributed by atoms with Crippen LogP contribution in [0.1, 0.15) is 31.1 Å². The zero-order chi connectivity index (χ0) is 15.5. The number of thioether (sulfide) groups is 1. The van der Waals surface area contributed by atoms with Gasteiger partial charge in [0.05, 0.1) is 15.5 Å². The molecule has 0 saturated heterocycles. The molecule has 1 fully saturated rings. The number of rotatable bonds is 6. The Hall–Kier alpha value is -0.720. The number of carboxylic acids is 1. The zero-order valence-electron chi connectivity index (χ0n) is 11.7. The van der Waals surface area contributed by atoms with Crippen LogP contribution in [0.25, 0.3) is 0 Å². The first kappa shape index (κ1) is 16.6. The van der Waals surface area contributed by atoms with Gasteiger partial charge in [0.2, 0.25) is 5.91 Å². The molecular weight excluding hydrogens is 330 g/mol. The number of halogens is 1. The zero-order valence-corrected chi connectivity index (χ0v) is 14.1. The average Bonchev–Trinajstić information content (AvgIpc) is 2.98. The van der Waals surface area contributed by atoms with Crippen LogP contribution in [0.3, 0.4) is 0 Å². The number of hydrogen-bond donors (Lipinski definition) is 2. The topological polar surface area (TPSA) is 66.4 Å². The third kappa shape index (κ3) is 4.14. The maximum atomic E-state index is 12.0. The number of nitrogens with one attached hydrogen (secondary N) is 1. The second-order valence-corrected chi connectivity index (χ2v) is 8.22. The molecule has 7 heteroatoms. The Morgan fingerprint density at radius 2 is 2.33 bits per heavy atom. The Morgan fingerprint density at radius 1 is 1.57 bits per heavy atom. The quantitative estimate of drug-likeness (QED) is 0.827. The first-order valence-corrected chi connectivity index (χ1v) is 9.11. The summed E-state index contributed by atoms with van der Waals surface area (Å²) in [6, 6.07) is 3.54.